The highest BCUT2D eigenvalue weighted by Crippen LogP contribution is 2.48. The van der Waals surface area contributed by atoms with Crippen molar-refractivity contribution in [3.05, 3.63) is 64.1 Å². The third-order valence-electron chi connectivity index (χ3n) is 4.72. The van der Waals surface area contributed by atoms with Gasteiger partial charge in [0.1, 0.15) is 5.82 Å². The lowest BCUT2D eigenvalue weighted by Gasteiger charge is -2.24. The molecule has 5 rings (SSSR count). The molecule has 2 aromatic carbocycles. The van der Waals surface area contributed by atoms with E-state index in [0.29, 0.717) is 12.2 Å². The molecule has 4 nitrogen and oxygen atoms in total. The largest absolute Gasteiger partial charge is 0.454 e. The number of amides is 1. The van der Waals surface area contributed by atoms with Crippen LogP contribution in [0.5, 0.6) is 11.5 Å². The van der Waals surface area contributed by atoms with Gasteiger partial charge < -0.3 is 14.8 Å². The van der Waals surface area contributed by atoms with Crippen molar-refractivity contribution >= 4 is 22.9 Å². The lowest BCUT2D eigenvalue weighted by molar-refractivity contribution is -0.116. The van der Waals surface area contributed by atoms with E-state index in [9.17, 15) is 9.18 Å². The summed E-state index contributed by atoms with van der Waals surface area (Å²) in [5.74, 6) is 1.03. The minimum absolute atomic E-state index is 0.0452. The number of benzene rings is 2. The van der Waals surface area contributed by atoms with Crippen LogP contribution in [0.3, 0.4) is 0 Å². The van der Waals surface area contributed by atoms with E-state index >= 15 is 0 Å². The van der Waals surface area contributed by atoms with Crippen molar-refractivity contribution < 1.29 is 18.7 Å². The Hall–Kier alpha value is -2.86. The van der Waals surface area contributed by atoms with Gasteiger partial charge in [0.15, 0.2) is 11.5 Å². The van der Waals surface area contributed by atoms with Crippen LogP contribution in [0.25, 0.3) is 11.1 Å². The van der Waals surface area contributed by atoms with E-state index in [1.165, 1.54) is 12.1 Å². The number of anilines is 1. The van der Waals surface area contributed by atoms with Gasteiger partial charge in [0, 0.05) is 28.2 Å². The summed E-state index contributed by atoms with van der Waals surface area (Å²) < 4.78 is 24.5. The minimum Gasteiger partial charge on any atom is -0.454 e. The third kappa shape index (κ3) is 2.45. The molecule has 0 aliphatic carbocycles. The molecule has 0 radical (unpaired) electrons. The molecule has 0 spiro atoms. The first-order valence-corrected chi connectivity index (χ1v) is 9.14. The highest BCUT2D eigenvalue weighted by Gasteiger charge is 2.31. The predicted molar refractivity (Wildman–Crippen MR) is 97.4 cm³/mol. The Morgan fingerprint density at radius 3 is 2.88 bits per heavy atom. The Kier molecular flexibility index (Phi) is 3.46. The zero-order valence-electron chi connectivity index (χ0n) is 13.6. The standard InChI is InChI=1S/C20H14FNO3S/c21-13-3-1-2-11(6-13)15-9-26-20-14(8-18(23)22-19(15)20)12-4-5-16-17(7-12)25-10-24-16/h1-7,9,14H,8,10H2,(H,22,23)/t14-/m1/s1. The van der Waals surface area contributed by atoms with Gasteiger partial charge >= 0.3 is 0 Å². The molecular weight excluding hydrogens is 353 g/mol. The number of hydrogen-bond acceptors (Lipinski definition) is 4. The van der Waals surface area contributed by atoms with Crippen molar-refractivity contribution in [2.24, 2.45) is 0 Å². The molecule has 2 aliphatic heterocycles. The summed E-state index contributed by atoms with van der Waals surface area (Å²) in [5.41, 5.74) is 3.40. The van der Waals surface area contributed by atoms with Crippen molar-refractivity contribution in [1.82, 2.24) is 0 Å². The number of hydrogen-bond donors (Lipinski definition) is 1. The molecule has 26 heavy (non-hydrogen) atoms. The molecule has 1 aromatic heterocycles. The molecule has 1 amide bonds. The summed E-state index contributed by atoms with van der Waals surface area (Å²) in [6.45, 7) is 0.220. The van der Waals surface area contributed by atoms with Crippen molar-refractivity contribution in [2.45, 2.75) is 12.3 Å². The summed E-state index contributed by atoms with van der Waals surface area (Å²) >= 11 is 1.58. The van der Waals surface area contributed by atoms with Crippen LogP contribution in [0.4, 0.5) is 10.1 Å². The van der Waals surface area contributed by atoms with Crippen LogP contribution in [0, 0.1) is 5.82 Å². The van der Waals surface area contributed by atoms with Crippen molar-refractivity contribution in [3.63, 3.8) is 0 Å². The first-order chi connectivity index (χ1) is 12.7. The van der Waals surface area contributed by atoms with Gasteiger partial charge in [0.2, 0.25) is 12.7 Å². The van der Waals surface area contributed by atoms with Gasteiger partial charge in [-0.3, -0.25) is 4.79 Å². The maximum absolute atomic E-state index is 13.6. The summed E-state index contributed by atoms with van der Waals surface area (Å²) in [6, 6.07) is 12.2. The topological polar surface area (TPSA) is 47.6 Å². The number of carbonyl (C=O) groups excluding carboxylic acids is 1. The smallest absolute Gasteiger partial charge is 0.231 e. The molecule has 6 heteroatoms. The fourth-order valence-corrected chi connectivity index (χ4v) is 4.66. The van der Waals surface area contributed by atoms with Gasteiger partial charge in [-0.25, -0.2) is 4.39 Å². The number of fused-ring (bicyclic) bond motifs is 2. The van der Waals surface area contributed by atoms with Crippen LogP contribution in [-0.4, -0.2) is 12.7 Å². The third-order valence-corrected chi connectivity index (χ3v) is 5.82. The van der Waals surface area contributed by atoms with Crippen LogP contribution in [0.15, 0.2) is 47.8 Å². The van der Waals surface area contributed by atoms with E-state index in [4.69, 9.17) is 9.47 Å². The molecule has 0 saturated carbocycles. The highest BCUT2D eigenvalue weighted by atomic mass is 32.1. The number of thiophene rings is 1. The summed E-state index contributed by atoms with van der Waals surface area (Å²) in [6.07, 6.45) is 0.371. The lowest BCUT2D eigenvalue weighted by atomic mass is 9.89. The van der Waals surface area contributed by atoms with Crippen molar-refractivity contribution in [2.75, 3.05) is 12.1 Å². The quantitative estimate of drug-likeness (QED) is 0.711. The number of halogens is 1. The molecule has 1 atom stereocenters. The second-order valence-electron chi connectivity index (χ2n) is 6.32. The van der Waals surface area contributed by atoms with E-state index in [1.807, 2.05) is 29.6 Å². The molecule has 0 fully saturated rings. The zero-order chi connectivity index (χ0) is 17.7. The summed E-state index contributed by atoms with van der Waals surface area (Å²) in [7, 11) is 0. The molecule has 0 unspecified atom stereocenters. The average Bonchev–Trinajstić information content (AvgIpc) is 3.27. The van der Waals surface area contributed by atoms with Crippen LogP contribution in [0.1, 0.15) is 22.8 Å². The Morgan fingerprint density at radius 2 is 2.00 bits per heavy atom. The molecular formula is C20H14FNO3S. The number of nitrogens with one attached hydrogen (secondary N) is 1. The molecule has 0 saturated heterocycles. The molecule has 0 bridgehead atoms. The Labute approximate surface area is 153 Å². The van der Waals surface area contributed by atoms with Crippen LogP contribution >= 0.6 is 11.3 Å². The van der Waals surface area contributed by atoms with Crippen LogP contribution in [0.2, 0.25) is 0 Å². The zero-order valence-corrected chi connectivity index (χ0v) is 14.4. The molecule has 3 aromatic rings. The molecule has 1 N–H and O–H groups in total. The first kappa shape index (κ1) is 15.4. The normalized spacial score (nSPS) is 17.7. The molecule has 3 heterocycles. The van der Waals surface area contributed by atoms with Gasteiger partial charge in [-0.15, -0.1) is 11.3 Å². The highest BCUT2D eigenvalue weighted by molar-refractivity contribution is 7.11. The Morgan fingerprint density at radius 1 is 1.12 bits per heavy atom. The van der Waals surface area contributed by atoms with Crippen molar-refractivity contribution in [1.29, 1.82) is 0 Å². The second kappa shape index (κ2) is 5.85. The number of carbonyl (C=O) groups is 1. The fourth-order valence-electron chi connectivity index (χ4n) is 3.49. The Bertz CT molecular complexity index is 1030. The van der Waals surface area contributed by atoms with Gasteiger partial charge in [-0.1, -0.05) is 18.2 Å². The van der Waals surface area contributed by atoms with Gasteiger partial charge in [-0.2, -0.15) is 0 Å². The first-order valence-electron chi connectivity index (χ1n) is 8.26. The monoisotopic (exact) mass is 367 g/mol. The summed E-state index contributed by atoms with van der Waals surface area (Å²) in [4.78, 5) is 13.4. The molecule has 2 aliphatic rings. The van der Waals surface area contributed by atoms with E-state index in [0.717, 1.165) is 33.0 Å². The predicted octanol–water partition coefficient (Wildman–Crippen LogP) is 4.76. The van der Waals surface area contributed by atoms with E-state index in [1.54, 1.807) is 17.4 Å². The average molecular weight is 367 g/mol. The SMILES string of the molecule is O=C1C[C@H](c2ccc3c(c2)OCO3)c2scc(-c3cccc(F)c3)c2N1. The van der Waals surface area contributed by atoms with Crippen molar-refractivity contribution in [3.8, 4) is 22.6 Å². The van der Waals surface area contributed by atoms with E-state index in [2.05, 4.69) is 5.32 Å². The van der Waals surface area contributed by atoms with Gasteiger partial charge in [0.25, 0.3) is 0 Å². The fraction of sp³-hybridized carbons (Fsp3) is 0.150. The van der Waals surface area contributed by atoms with E-state index in [-0.39, 0.29) is 24.4 Å². The maximum atomic E-state index is 13.6. The Balaban J connectivity index is 1.60. The van der Waals surface area contributed by atoms with Gasteiger partial charge in [0.05, 0.1) is 5.69 Å². The lowest BCUT2D eigenvalue weighted by Crippen LogP contribution is -2.22. The summed E-state index contributed by atoms with van der Waals surface area (Å²) in [5, 5.41) is 4.95. The molecule has 130 valence electrons. The van der Waals surface area contributed by atoms with Crippen LogP contribution in [-0.2, 0) is 4.79 Å². The maximum Gasteiger partial charge on any atom is 0.231 e. The minimum atomic E-state index is -0.295. The van der Waals surface area contributed by atoms with E-state index < -0.39 is 0 Å². The number of ether oxygens (including phenoxy) is 2. The number of rotatable bonds is 2. The second-order valence-corrected chi connectivity index (χ2v) is 7.23. The van der Waals surface area contributed by atoms with Crippen LogP contribution < -0.4 is 14.8 Å². The van der Waals surface area contributed by atoms with Gasteiger partial charge in [-0.05, 0) is 35.4 Å².